The Balaban J connectivity index is 2.00. The van der Waals surface area contributed by atoms with Gasteiger partial charge in [-0.2, -0.15) is 0 Å². The molecule has 0 radical (unpaired) electrons. The summed E-state index contributed by atoms with van der Waals surface area (Å²) in [7, 11) is 1.74. The summed E-state index contributed by atoms with van der Waals surface area (Å²) in [6.45, 7) is 2.24. The maximum atomic E-state index is 14.4. The summed E-state index contributed by atoms with van der Waals surface area (Å²) in [6.07, 6.45) is 3.35. The van der Waals surface area contributed by atoms with Crippen LogP contribution in [0.5, 0.6) is 5.75 Å². The van der Waals surface area contributed by atoms with E-state index in [-0.39, 0.29) is 5.56 Å². The molecule has 0 saturated carbocycles. The van der Waals surface area contributed by atoms with Crippen LogP contribution in [0.25, 0.3) is 33.4 Å². The normalized spacial score (nSPS) is 10.9. The molecule has 0 spiro atoms. The number of rotatable bonds is 5. The number of nitrogens with zero attached hydrogens (tertiary/aromatic N) is 3. The molecule has 0 saturated heterocycles. The average Bonchev–Trinajstić information content (AvgIpc) is 2.75. The van der Waals surface area contributed by atoms with E-state index in [1.807, 2.05) is 13.0 Å². The van der Waals surface area contributed by atoms with Crippen LogP contribution in [0.2, 0.25) is 0 Å². The first-order valence-corrected chi connectivity index (χ1v) is 9.13. The monoisotopic (exact) mass is 392 g/mol. The number of benzene rings is 2. The van der Waals surface area contributed by atoms with Gasteiger partial charge in [0.05, 0.1) is 6.61 Å². The fourth-order valence-electron chi connectivity index (χ4n) is 3.16. The van der Waals surface area contributed by atoms with Gasteiger partial charge in [0.1, 0.15) is 17.1 Å². The maximum Gasteiger partial charge on any atom is 0.166 e. The Morgan fingerprint density at radius 2 is 1.90 bits per heavy atom. The number of pyridine rings is 1. The first-order chi connectivity index (χ1) is 14.1. The van der Waals surface area contributed by atoms with Crippen LogP contribution in [-0.4, -0.2) is 28.6 Å². The summed E-state index contributed by atoms with van der Waals surface area (Å²) in [6, 6.07) is 11.2. The molecule has 2 aromatic heterocycles. The van der Waals surface area contributed by atoms with Gasteiger partial charge in [-0.25, -0.2) is 18.7 Å². The van der Waals surface area contributed by atoms with Crippen LogP contribution in [0.4, 0.5) is 14.6 Å². The molecule has 1 N–H and O–H groups in total. The molecule has 29 heavy (non-hydrogen) atoms. The van der Waals surface area contributed by atoms with Crippen molar-refractivity contribution in [3.8, 4) is 28.3 Å². The molecule has 0 amide bonds. The van der Waals surface area contributed by atoms with E-state index in [2.05, 4.69) is 20.3 Å². The fourth-order valence-corrected chi connectivity index (χ4v) is 3.16. The summed E-state index contributed by atoms with van der Waals surface area (Å²) in [5.41, 5.74) is 1.96. The topological polar surface area (TPSA) is 59.9 Å². The van der Waals surface area contributed by atoms with Crippen molar-refractivity contribution in [2.24, 2.45) is 0 Å². The molecular formula is C22H18F2N4O. The second-order valence-electron chi connectivity index (χ2n) is 6.29. The lowest BCUT2D eigenvalue weighted by molar-refractivity contribution is 0.344. The predicted molar refractivity (Wildman–Crippen MR) is 109 cm³/mol. The third-order valence-electron chi connectivity index (χ3n) is 4.48. The molecule has 7 heteroatoms. The molecule has 0 aliphatic carbocycles. The van der Waals surface area contributed by atoms with Crippen LogP contribution >= 0.6 is 0 Å². The summed E-state index contributed by atoms with van der Waals surface area (Å²) in [5, 5.41) is 3.70. The second kappa shape index (κ2) is 7.79. The molecule has 0 bridgehead atoms. The van der Waals surface area contributed by atoms with Crippen molar-refractivity contribution in [3.63, 3.8) is 0 Å². The van der Waals surface area contributed by atoms with Crippen LogP contribution in [0, 0.1) is 11.6 Å². The third-order valence-corrected chi connectivity index (χ3v) is 4.48. The molecule has 4 rings (SSSR count). The van der Waals surface area contributed by atoms with Crippen LogP contribution in [0.15, 0.2) is 54.9 Å². The largest absolute Gasteiger partial charge is 0.492 e. The van der Waals surface area contributed by atoms with Crippen LogP contribution in [0.1, 0.15) is 6.92 Å². The first kappa shape index (κ1) is 18.7. The Morgan fingerprint density at radius 3 is 2.62 bits per heavy atom. The quantitative estimate of drug-likeness (QED) is 0.513. The minimum absolute atomic E-state index is 0.145. The lowest BCUT2D eigenvalue weighted by Gasteiger charge is -2.14. The van der Waals surface area contributed by atoms with Crippen molar-refractivity contribution in [2.75, 3.05) is 19.0 Å². The molecule has 5 nitrogen and oxygen atoms in total. The predicted octanol–water partition coefficient (Wildman–Crippen LogP) is 5.08. The van der Waals surface area contributed by atoms with Gasteiger partial charge in [0.25, 0.3) is 0 Å². The van der Waals surface area contributed by atoms with Gasteiger partial charge in [-0.15, -0.1) is 0 Å². The average molecular weight is 392 g/mol. The van der Waals surface area contributed by atoms with Gasteiger partial charge in [-0.3, -0.25) is 4.98 Å². The molecule has 0 fully saturated rings. The van der Waals surface area contributed by atoms with Gasteiger partial charge in [-0.05, 0) is 42.8 Å². The highest BCUT2D eigenvalue weighted by atomic mass is 19.2. The highest BCUT2D eigenvalue weighted by Crippen LogP contribution is 2.37. The van der Waals surface area contributed by atoms with Crippen molar-refractivity contribution in [1.29, 1.82) is 0 Å². The van der Waals surface area contributed by atoms with E-state index < -0.39 is 11.6 Å². The van der Waals surface area contributed by atoms with E-state index in [0.29, 0.717) is 40.5 Å². The molecule has 2 heterocycles. The van der Waals surface area contributed by atoms with Crippen LogP contribution < -0.4 is 10.1 Å². The zero-order chi connectivity index (χ0) is 20.4. The van der Waals surface area contributed by atoms with E-state index in [1.165, 1.54) is 12.1 Å². The Labute approximate surface area is 166 Å². The number of anilines is 1. The molecule has 0 atom stereocenters. The van der Waals surface area contributed by atoms with Gasteiger partial charge < -0.3 is 10.1 Å². The maximum absolute atomic E-state index is 14.4. The van der Waals surface area contributed by atoms with Crippen molar-refractivity contribution < 1.29 is 13.5 Å². The second-order valence-corrected chi connectivity index (χ2v) is 6.29. The molecular weight excluding hydrogens is 374 g/mol. The zero-order valence-electron chi connectivity index (χ0n) is 15.9. The summed E-state index contributed by atoms with van der Waals surface area (Å²) >= 11 is 0. The lowest BCUT2D eigenvalue weighted by atomic mass is 10.0. The van der Waals surface area contributed by atoms with Gasteiger partial charge in [0, 0.05) is 36.0 Å². The molecule has 0 unspecified atom stereocenters. The first-order valence-electron chi connectivity index (χ1n) is 9.13. The number of hydrogen-bond donors (Lipinski definition) is 1. The molecule has 0 aliphatic rings. The van der Waals surface area contributed by atoms with Crippen molar-refractivity contribution in [1.82, 2.24) is 15.0 Å². The highest BCUT2D eigenvalue weighted by Gasteiger charge is 2.17. The number of hydrogen-bond acceptors (Lipinski definition) is 5. The van der Waals surface area contributed by atoms with Crippen molar-refractivity contribution in [2.45, 2.75) is 6.92 Å². The molecule has 2 aromatic carbocycles. The number of aromatic nitrogens is 3. The van der Waals surface area contributed by atoms with Gasteiger partial charge in [0.15, 0.2) is 17.5 Å². The van der Waals surface area contributed by atoms with E-state index >= 15 is 0 Å². The standard InChI is InChI=1S/C22H18F2N4O/c1-3-29-18-11-14(15-7-4-8-17(23)19(15)24)10-16-20(18)27-21(28-22(16)25-2)13-6-5-9-26-12-13/h4-12H,3H2,1-2H3,(H,25,27,28). The Morgan fingerprint density at radius 1 is 1.03 bits per heavy atom. The number of ether oxygens (including phenoxy) is 1. The minimum Gasteiger partial charge on any atom is -0.492 e. The Kier molecular flexibility index (Phi) is 5.03. The van der Waals surface area contributed by atoms with Gasteiger partial charge in [-0.1, -0.05) is 12.1 Å². The summed E-state index contributed by atoms with van der Waals surface area (Å²) in [5.74, 6) is -0.312. The highest BCUT2D eigenvalue weighted by molar-refractivity contribution is 5.97. The van der Waals surface area contributed by atoms with Crippen LogP contribution in [-0.2, 0) is 0 Å². The fraction of sp³-hybridized carbons (Fsp3) is 0.136. The van der Waals surface area contributed by atoms with Crippen molar-refractivity contribution in [3.05, 3.63) is 66.5 Å². The number of fused-ring (bicyclic) bond motifs is 1. The van der Waals surface area contributed by atoms with E-state index in [4.69, 9.17) is 4.74 Å². The zero-order valence-corrected chi connectivity index (χ0v) is 15.9. The number of halogens is 2. The van der Waals surface area contributed by atoms with E-state index in [9.17, 15) is 8.78 Å². The van der Waals surface area contributed by atoms with E-state index in [0.717, 1.165) is 11.6 Å². The Hall–Kier alpha value is -3.61. The van der Waals surface area contributed by atoms with Crippen LogP contribution in [0.3, 0.4) is 0 Å². The van der Waals surface area contributed by atoms with E-state index in [1.54, 1.807) is 37.6 Å². The van der Waals surface area contributed by atoms with Gasteiger partial charge >= 0.3 is 0 Å². The molecule has 146 valence electrons. The third kappa shape index (κ3) is 3.47. The molecule has 0 aliphatic heterocycles. The SMILES string of the molecule is CCOc1cc(-c2cccc(F)c2F)cc2c(NC)nc(-c3cccnc3)nc12. The van der Waals surface area contributed by atoms with Gasteiger partial charge in [0.2, 0.25) is 0 Å². The minimum atomic E-state index is -0.909. The smallest absolute Gasteiger partial charge is 0.166 e. The summed E-state index contributed by atoms with van der Waals surface area (Å²) < 4.78 is 34.0. The lowest BCUT2D eigenvalue weighted by Crippen LogP contribution is -2.02. The molecule has 4 aromatic rings. The summed E-state index contributed by atoms with van der Waals surface area (Å²) in [4.78, 5) is 13.4. The Bertz CT molecular complexity index is 1180. The number of nitrogens with one attached hydrogen (secondary N) is 1. The van der Waals surface area contributed by atoms with Crippen molar-refractivity contribution >= 4 is 16.7 Å².